The predicted octanol–water partition coefficient (Wildman–Crippen LogP) is 7.08. The van der Waals surface area contributed by atoms with Crippen molar-refractivity contribution < 1.29 is 13.6 Å². The lowest BCUT2D eigenvalue weighted by Crippen LogP contribution is -2.48. The molecule has 1 aliphatic rings. The van der Waals surface area contributed by atoms with Gasteiger partial charge in [-0.3, -0.25) is 4.57 Å². The Labute approximate surface area is 257 Å². The third kappa shape index (κ3) is 6.39. The van der Waals surface area contributed by atoms with Crippen molar-refractivity contribution in [3.05, 3.63) is 48.7 Å². The standard InChI is InChI=1S/C31H47N7O3Si2/c1-21-12-14-22(15-13-21)23-17-38(36-35-23)29-27-28(32-19-33-29)37(20-34-27)26-16-24(41-43(10,11)31(5,6)7)25(40-26)18-39-42(8,9)30(2,3)4/h12-15,17,19-20,24-26H,16,18H2,1-11H3/t24-,25+,26+/m0/s1. The van der Waals surface area contributed by atoms with Crippen LogP contribution in [0.1, 0.15) is 59.8 Å². The zero-order valence-electron chi connectivity index (χ0n) is 27.5. The number of aryl methyl sites for hydroxylation is 1. The molecule has 0 amide bonds. The number of hydrogen-bond acceptors (Lipinski definition) is 8. The molecule has 12 heteroatoms. The van der Waals surface area contributed by atoms with Gasteiger partial charge in [0.15, 0.2) is 33.6 Å². The maximum atomic E-state index is 6.97. The van der Waals surface area contributed by atoms with Crippen molar-refractivity contribution >= 4 is 27.8 Å². The monoisotopic (exact) mass is 621 g/mol. The van der Waals surface area contributed by atoms with Crippen LogP contribution in [0.25, 0.3) is 28.2 Å². The average Bonchev–Trinajstić information content (AvgIpc) is 3.65. The van der Waals surface area contributed by atoms with Crippen LogP contribution >= 0.6 is 0 Å². The molecule has 0 bridgehead atoms. The highest BCUT2D eigenvalue weighted by Gasteiger charge is 2.47. The summed E-state index contributed by atoms with van der Waals surface area (Å²) < 4.78 is 24.0. The van der Waals surface area contributed by atoms with Gasteiger partial charge in [0.25, 0.3) is 0 Å². The Kier molecular flexibility index (Phi) is 8.31. The van der Waals surface area contributed by atoms with Gasteiger partial charge < -0.3 is 13.6 Å². The van der Waals surface area contributed by atoms with Crippen molar-refractivity contribution in [2.75, 3.05) is 6.61 Å². The number of imidazole rings is 1. The highest BCUT2D eigenvalue weighted by atomic mass is 28.4. The van der Waals surface area contributed by atoms with Crippen LogP contribution in [0.15, 0.2) is 43.1 Å². The Morgan fingerprint density at radius 1 is 0.930 bits per heavy atom. The van der Waals surface area contributed by atoms with Gasteiger partial charge in [0.1, 0.15) is 24.4 Å². The summed E-state index contributed by atoms with van der Waals surface area (Å²) >= 11 is 0. The first-order valence-electron chi connectivity index (χ1n) is 15.1. The normalized spacial score (nSPS) is 20.3. The van der Waals surface area contributed by atoms with Crippen LogP contribution < -0.4 is 0 Å². The van der Waals surface area contributed by atoms with Crippen molar-refractivity contribution in [1.82, 2.24) is 34.5 Å². The van der Waals surface area contributed by atoms with Crippen LogP contribution in [0.4, 0.5) is 0 Å². The first-order chi connectivity index (χ1) is 20.0. The molecule has 0 aliphatic carbocycles. The highest BCUT2D eigenvalue weighted by molar-refractivity contribution is 6.74. The fourth-order valence-electron chi connectivity index (χ4n) is 4.65. The van der Waals surface area contributed by atoms with Gasteiger partial charge in [-0.1, -0.05) is 76.6 Å². The molecule has 0 N–H and O–H groups in total. The molecule has 0 saturated carbocycles. The minimum absolute atomic E-state index is 0.0784. The van der Waals surface area contributed by atoms with Gasteiger partial charge in [-0.25, -0.2) is 15.0 Å². The van der Waals surface area contributed by atoms with Crippen molar-refractivity contribution in [2.24, 2.45) is 0 Å². The number of nitrogens with zero attached hydrogens (tertiary/aromatic N) is 7. The van der Waals surface area contributed by atoms with E-state index >= 15 is 0 Å². The van der Waals surface area contributed by atoms with E-state index in [4.69, 9.17) is 18.6 Å². The number of aromatic nitrogens is 7. The quantitative estimate of drug-likeness (QED) is 0.192. The van der Waals surface area contributed by atoms with Gasteiger partial charge in [0.05, 0.1) is 25.2 Å². The fourth-order valence-corrected chi connectivity index (χ4v) is 7.02. The second kappa shape index (κ2) is 11.3. The van der Waals surface area contributed by atoms with E-state index in [9.17, 15) is 0 Å². The lowest BCUT2D eigenvalue weighted by molar-refractivity contribution is -0.0383. The summed E-state index contributed by atoms with van der Waals surface area (Å²) in [5.74, 6) is 0.569. The van der Waals surface area contributed by atoms with Crippen LogP contribution in [-0.4, -0.2) is 70.0 Å². The van der Waals surface area contributed by atoms with Crippen LogP contribution in [0.3, 0.4) is 0 Å². The number of rotatable bonds is 8. The number of fused-ring (bicyclic) bond motifs is 1. The number of hydrogen-bond donors (Lipinski definition) is 0. The number of benzene rings is 1. The second-order valence-electron chi connectivity index (χ2n) is 14.8. The Balaban J connectivity index is 1.43. The minimum Gasteiger partial charge on any atom is -0.414 e. The molecule has 1 saturated heterocycles. The van der Waals surface area contributed by atoms with Crippen LogP contribution in [0, 0.1) is 6.92 Å². The van der Waals surface area contributed by atoms with E-state index in [1.165, 1.54) is 5.56 Å². The zero-order chi connectivity index (χ0) is 31.4. The van der Waals surface area contributed by atoms with E-state index in [2.05, 4.69) is 107 Å². The van der Waals surface area contributed by atoms with Crippen molar-refractivity contribution in [3.63, 3.8) is 0 Å². The topological polar surface area (TPSA) is 102 Å². The van der Waals surface area contributed by atoms with Gasteiger partial charge in [0, 0.05) is 12.0 Å². The van der Waals surface area contributed by atoms with Crippen molar-refractivity contribution in [2.45, 2.75) is 110 Å². The molecule has 43 heavy (non-hydrogen) atoms. The fraction of sp³-hybridized carbons (Fsp3) is 0.581. The molecule has 0 spiro atoms. The first kappa shape index (κ1) is 31.6. The van der Waals surface area contributed by atoms with Crippen molar-refractivity contribution in [3.8, 4) is 17.1 Å². The summed E-state index contributed by atoms with van der Waals surface area (Å²) in [6.07, 6.45) is 5.29. The molecule has 0 unspecified atom stereocenters. The van der Waals surface area contributed by atoms with Crippen LogP contribution in [0.5, 0.6) is 0 Å². The van der Waals surface area contributed by atoms with E-state index in [1.54, 1.807) is 17.3 Å². The third-order valence-electron chi connectivity index (χ3n) is 9.55. The maximum Gasteiger partial charge on any atom is 0.192 e. The summed E-state index contributed by atoms with van der Waals surface area (Å²) in [6, 6.07) is 8.21. The Morgan fingerprint density at radius 2 is 1.60 bits per heavy atom. The van der Waals surface area contributed by atoms with Crippen LogP contribution in [-0.2, 0) is 13.6 Å². The van der Waals surface area contributed by atoms with Gasteiger partial charge in [0.2, 0.25) is 0 Å². The van der Waals surface area contributed by atoms with E-state index in [0.717, 1.165) is 11.3 Å². The lowest BCUT2D eigenvalue weighted by atomic mass is 10.1. The molecule has 1 aromatic carbocycles. The molecular formula is C31H47N7O3Si2. The molecule has 1 aliphatic heterocycles. The molecule has 0 radical (unpaired) electrons. The zero-order valence-corrected chi connectivity index (χ0v) is 29.5. The SMILES string of the molecule is Cc1ccc(-c2cn(-c3ncnc4c3ncn4[C@H]3C[C@H](O[Si](C)(C)C(C)(C)C)[C@@H](CO[Si](C)(C)C(C)(C)C)O3)nn2)cc1. The Morgan fingerprint density at radius 3 is 2.26 bits per heavy atom. The summed E-state index contributed by atoms with van der Waals surface area (Å²) in [7, 11) is -4.05. The minimum atomic E-state index is -2.07. The predicted molar refractivity (Wildman–Crippen MR) is 174 cm³/mol. The van der Waals surface area contributed by atoms with Crippen molar-refractivity contribution in [1.29, 1.82) is 0 Å². The molecule has 3 aromatic heterocycles. The second-order valence-corrected chi connectivity index (χ2v) is 24.4. The van der Waals surface area contributed by atoms with E-state index in [1.807, 2.05) is 22.9 Å². The summed E-state index contributed by atoms with van der Waals surface area (Å²) in [5.41, 5.74) is 4.26. The summed E-state index contributed by atoms with van der Waals surface area (Å²) in [6.45, 7) is 25.3. The molecular weight excluding hydrogens is 575 g/mol. The highest BCUT2D eigenvalue weighted by Crippen LogP contribution is 2.43. The summed E-state index contributed by atoms with van der Waals surface area (Å²) in [4.78, 5) is 13.9. The molecule has 5 rings (SSSR count). The molecule has 4 aromatic rings. The molecule has 3 atom stereocenters. The molecule has 1 fully saturated rings. The van der Waals surface area contributed by atoms with Crippen LogP contribution in [0.2, 0.25) is 36.3 Å². The maximum absolute atomic E-state index is 6.97. The molecule has 4 heterocycles. The van der Waals surface area contributed by atoms with E-state index in [-0.39, 0.29) is 28.5 Å². The van der Waals surface area contributed by atoms with E-state index in [0.29, 0.717) is 30.0 Å². The Bertz CT molecular complexity index is 1570. The first-order valence-corrected chi connectivity index (χ1v) is 20.9. The van der Waals surface area contributed by atoms with Gasteiger partial charge in [-0.05, 0) is 43.2 Å². The lowest BCUT2D eigenvalue weighted by Gasteiger charge is -2.40. The van der Waals surface area contributed by atoms with Gasteiger partial charge in [-0.15, -0.1) is 5.10 Å². The average molecular weight is 622 g/mol. The van der Waals surface area contributed by atoms with Gasteiger partial charge >= 0.3 is 0 Å². The summed E-state index contributed by atoms with van der Waals surface area (Å²) in [5, 5.41) is 8.93. The smallest absolute Gasteiger partial charge is 0.192 e. The van der Waals surface area contributed by atoms with E-state index < -0.39 is 16.6 Å². The molecule has 232 valence electrons. The molecule has 10 nitrogen and oxygen atoms in total. The largest absolute Gasteiger partial charge is 0.414 e. The number of ether oxygens (including phenoxy) is 1. The third-order valence-corrected chi connectivity index (χ3v) is 18.6. The van der Waals surface area contributed by atoms with Gasteiger partial charge in [-0.2, -0.15) is 4.68 Å². The Hall–Kier alpha value is -2.78.